The molecule has 1 saturated heterocycles. The van der Waals surface area contributed by atoms with Crippen LogP contribution in [0.3, 0.4) is 0 Å². The summed E-state index contributed by atoms with van der Waals surface area (Å²) < 4.78 is 12.8. The molecule has 1 aliphatic rings. The lowest BCUT2D eigenvalue weighted by molar-refractivity contribution is 0.0792. The van der Waals surface area contributed by atoms with Crippen molar-refractivity contribution in [3.63, 3.8) is 0 Å². The van der Waals surface area contributed by atoms with Crippen molar-refractivity contribution < 1.29 is 24.2 Å². The number of hydrogen-bond donors (Lipinski definition) is 3. The molecule has 5 rings (SSSR count). The monoisotopic (exact) mass is 529 g/mol. The maximum atomic E-state index is 12.9. The van der Waals surface area contributed by atoms with Gasteiger partial charge in [0.05, 0.1) is 18.2 Å². The van der Waals surface area contributed by atoms with Crippen LogP contribution in [-0.4, -0.2) is 57.8 Å². The molecule has 0 unspecified atom stereocenters. The lowest BCUT2D eigenvalue weighted by atomic mass is 10.1. The average Bonchev–Trinajstić information content (AvgIpc) is 3.34. The Labute approximate surface area is 226 Å². The van der Waals surface area contributed by atoms with E-state index < -0.39 is 6.03 Å². The van der Waals surface area contributed by atoms with E-state index >= 15 is 0 Å². The van der Waals surface area contributed by atoms with Crippen LogP contribution in [0.4, 0.5) is 10.6 Å². The number of rotatable bonds is 8. The molecule has 10 nitrogen and oxygen atoms in total. The van der Waals surface area contributed by atoms with Gasteiger partial charge in [0.15, 0.2) is 0 Å². The van der Waals surface area contributed by atoms with E-state index in [9.17, 15) is 14.7 Å². The number of piperidine rings is 1. The van der Waals surface area contributed by atoms with Crippen molar-refractivity contribution in [2.75, 3.05) is 25.5 Å². The third kappa shape index (κ3) is 6.26. The SMILES string of the molecule is COCc1cc2c(ccn2C(N)=O)cc1Oc1ccnc(NC(=O)c2ccc(CN3CCC(O)CC3)cc2)c1. The number of aromatic nitrogens is 2. The summed E-state index contributed by atoms with van der Waals surface area (Å²) in [6.07, 6.45) is 4.56. The molecule has 10 heteroatoms. The number of likely N-dealkylation sites (tertiary alicyclic amines) is 1. The lowest BCUT2D eigenvalue weighted by Crippen LogP contribution is -2.35. The van der Waals surface area contributed by atoms with Crippen LogP contribution in [0.25, 0.3) is 10.9 Å². The van der Waals surface area contributed by atoms with Gasteiger partial charge >= 0.3 is 6.03 Å². The van der Waals surface area contributed by atoms with Gasteiger partial charge in [-0.1, -0.05) is 12.1 Å². The zero-order chi connectivity index (χ0) is 27.4. The summed E-state index contributed by atoms with van der Waals surface area (Å²) in [5, 5.41) is 13.3. The number of carbonyl (C=O) groups is 2. The van der Waals surface area contributed by atoms with Gasteiger partial charge in [0.2, 0.25) is 0 Å². The molecule has 4 aromatic rings. The molecular formula is C29H31N5O5. The number of anilines is 1. The van der Waals surface area contributed by atoms with Crippen molar-refractivity contribution >= 4 is 28.7 Å². The van der Waals surface area contributed by atoms with Crippen LogP contribution in [0, 0.1) is 0 Å². The van der Waals surface area contributed by atoms with Crippen molar-refractivity contribution in [3.05, 3.63) is 83.7 Å². The minimum absolute atomic E-state index is 0.197. The molecule has 202 valence electrons. The Morgan fingerprint density at radius 1 is 1.10 bits per heavy atom. The number of nitrogens with zero attached hydrogens (tertiary/aromatic N) is 3. The van der Waals surface area contributed by atoms with Gasteiger partial charge in [0.1, 0.15) is 17.3 Å². The van der Waals surface area contributed by atoms with Crippen LogP contribution in [-0.2, 0) is 17.9 Å². The van der Waals surface area contributed by atoms with Crippen molar-refractivity contribution in [3.8, 4) is 11.5 Å². The third-order valence-corrected chi connectivity index (χ3v) is 6.79. The number of amides is 2. The van der Waals surface area contributed by atoms with Crippen LogP contribution < -0.4 is 15.8 Å². The summed E-state index contributed by atoms with van der Waals surface area (Å²) in [4.78, 5) is 31.2. The molecular weight excluding hydrogens is 498 g/mol. The van der Waals surface area contributed by atoms with Gasteiger partial charge in [-0.25, -0.2) is 9.78 Å². The van der Waals surface area contributed by atoms with Crippen LogP contribution in [0.5, 0.6) is 11.5 Å². The number of carbonyl (C=O) groups excluding carboxylic acids is 2. The number of aliphatic hydroxyl groups is 1. The molecule has 1 fully saturated rings. The second-order valence-corrected chi connectivity index (χ2v) is 9.61. The van der Waals surface area contributed by atoms with Crippen LogP contribution in [0.15, 0.2) is 67.0 Å². The first-order chi connectivity index (χ1) is 18.9. The Bertz CT molecular complexity index is 1480. The fourth-order valence-corrected chi connectivity index (χ4v) is 4.72. The van der Waals surface area contributed by atoms with Crippen LogP contribution in [0.1, 0.15) is 34.3 Å². The zero-order valence-corrected chi connectivity index (χ0v) is 21.7. The molecule has 2 aromatic heterocycles. The number of methoxy groups -OCH3 is 1. The predicted octanol–water partition coefficient (Wildman–Crippen LogP) is 4.11. The lowest BCUT2D eigenvalue weighted by Gasteiger charge is -2.29. The fourth-order valence-electron chi connectivity index (χ4n) is 4.72. The second kappa shape index (κ2) is 11.6. The zero-order valence-electron chi connectivity index (χ0n) is 21.7. The highest BCUT2D eigenvalue weighted by Gasteiger charge is 2.17. The predicted molar refractivity (Wildman–Crippen MR) is 147 cm³/mol. The third-order valence-electron chi connectivity index (χ3n) is 6.79. The fraction of sp³-hybridized carbons (Fsp3) is 0.276. The standard InChI is InChI=1S/C29H31N5O5/c1-38-18-22-14-25-21(7-13-34(25)29(30)37)15-26(22)39-24-6-10-31-27(16-24)32-28(36)20-4-2-19(3-5-20)17-33-11-8-23(35)9-12-33/h2-7,10,13-16,23,35H,8-9,11-12,17-18H2,1H3,(H2,30,37)(H,31,32,36). The number of pyridine rings is 1. The number of nitrogens with two attached hydrogens (primary N) is 1. The Hall–Kier alpha value is -4.25. The van der Waals surface area contributed by atoms with E-state index in [0.717, 1.165) is 49.0 Å². The van der Waals surface area contributed by atoms with E-state index in [1.54, 1.807) is 55.9 Å². The van der Waals surface area contributed by atoms with Crippen molar-refractivity contribution in [1.29, 1.82) is 0 Å². The summed E-state index contributed by atoms with van der Waals surface area (Å²) in [7, 11) is 1.58. The number of aliphatic hydroxyl groups excluding tert-OH is 1. The summed E-state index contributed by atoms with van der Waals surface area (Å²) >= 11 is 0. The minimum Gasteiger partial charge on any atom is -0.457 e. The van der Waals surface area contributed by atoms with Gasteiger partial charge < -0.3 is 25.6 Å². The maximum Gasteiger partial charge on any atom is 0.323 e. The van der Waals surface area contributed by atoms with Crippen LogP contribution >= 0.6 is 0 Å². The molecule has 39 heavy (non-hydrogen) atoms. The normalized spacial score (nSPS) is 14.4. The van der Waals surface area contributed by atoms with Gasteiger partial charge in [-0.15, -0.1) is 0 Å². The highest BCUT2D eigenvalue weighted by molar-refractivity contribution is 6.03. The van der Waals surface area contributed by atoms with Gasteiger partial charge in [-0.05, 0) is 54.8 Å². The van der Waals surface area contributed by atoms with E-state index in [-0.39, 0.29) is 18.6 Å². The number of fused-ring (bicyclic) bond motifs is 1. The topological polar surface area (TPSA) is 132 Å². The molecule has 0 radical (unpaired) electrons. The first-order valence-corrected chi connectivity index (χ1v) is 12.8. The van der Waals surface area contributed by atoms with E-state index in [2.05, 4.69) is 15.2 Å². The van der Waals surface area contributed by atoms with E-state index in [1.807, 2.05) is 18.2 Å². The van der Waals surface area contributed by atoms with Gasteiger partial charge in [-0.3, -0.25) is 14.3 Å². The summed E-state index contributed by atoms with van der Waals surface area (Å²) in [5.41, 5.74) is 8.50. The minimum atomic E-state index is -0.575. The molecule has 2 aromatic carbocycles. The molecule has 0 aliphatic carbocycles. The Kier molecular flexibility index (Phi) is 7.87. The summed E-state index contributed by atoms with van der Waals surface area (Å²) in [6.45, 7) is 2.79. The number of benzene rings is 2. The second-order valence-electron chi connectivity index (χ2n) is 9.61. The average molecular weight is 530 g/mol. The Morgan fingerprint density at radius 2 is 1.87 bits per heavy atom. The maximum absolute atomic E-state index is 12.9. The first kappa shape index (κ1) is 26.4. The number of hydrogen-bond acceptors (Lipinski definition) is 7. The molecule has 0 atom stereocenters. The molecule has 0 saturated carbocycles. The van der Waals surface area contributed by atoms with Gasteiger partial charge in [0.25, 0.3) is 5.91 Å². The van der Waals surface area contributed by atoms with E-state index in [0.29, 0.717) is 28.4 Å². The Balaban J connectivity index is 1.27. The largest absolute Gasteiger partial charge is 0.457 e. The van der Waals surface area contributed by atoms with E-state index in [1.165, 1.54) is 4.57 Å². The molecule has 0 spiro atoms. The van der Waals surface area contributed by atoms with Gasteiger partial charge in [-0.2, -0.15) is 0 Å². The molecule has 2 amide bonds. The summed E-state index contributed by atoms with van der Waals surface area (Å²) in [6, 6.07) is 15.7. The van der Waals surface area contributed by atoms with E-state index in [4.69, 9.17) is 15.2 Å². The van der Waals surface area contributed by atoms with Gasteiger partial charge in [0, 0.05) is 61.7 Å². The molecule has 1 aliphatic heterocycles. The highest BCUT2D eigenvalue weighted by atomic mass is 16.5. The summed E-state index contributed by atoms with van der Waals surface area (Å²) in [5.74, 6) is 1.10. The molecule has 3 heterocycles. The number of primary amides is 1. The van der Waals surface area contributed by atoms with Crippen molar-refractivity contribution in [2.24, 2.45) is 5.73 Å². The first-order valence-electron chi connectivity index (χ1n) is 12.8. The van der Waals surface area contributed by atoms with Crippen LogP contribution in [0.2, 0.25) is 0 Å². The number of ether oxygens (including phenoxy) is 2. The smallest absolute Gasteiger partial charge is 0.323 e. The molecule has 4 N–H and O–H groups in total. The molecule has 0 bridgehead atoms. The van der Waals surface area contributed by atoms with Crippen molar-refractivity contribution in [1.82, 2.24) is 14.5 Å². The Morgan fingerprint density at radius 3 is 2.59 bits per heavy atom. The number of nitrogens with one attached hydrogen (secondary N) is 1. The quantitative estimate of drug-likeness (QED) is 0.313. The highest BCUT2D eigenvalue weighted by Crippen LogP contribution is 2.32. The van der Waals surface area contributed by atoms with Crippen molar-refractivity contribution in [2.45, 2.75) is 32.1 Å².